The van der Waals surface area contributed by atoms with Crippen molar-refractivity contribution in [3.05, 3.63) is 41.1 Å². The van der Waals surface area contributed by atoms with Crippen LogP contribution >= 0.6 is 11.6 Å². The first-order chi connectivity index (χ1) is 7.78. The van der Waals surface area contributed by atoms with E-state index in [9.17, 15) is 4.79 Å². The lowest BCUT2D eigenvalue weighted by molar-refractivity contribution is -0.00542. The third-order valence-corrected chi connectivity index (χ3v) is 2.11. The number of hydroxylamine groups is 2. The van der Waals surface area contributed by atoms with Crippen LogP contribution in [0.15, 0.2) is 40.5 Å². The van der Waals surface area contributed by atoms with Gasteiger partial charge in [0.2, 0.25) is 0 Å². The summed E-state index contributed by atoms with van der Waals surface area (Å²) < 4.78 is 0. The molecule has 0 amide bonds. The first-order valence-corrected chi connectivity index (χ1v) is 5.03. The number of hydrogen-bond acceptors (Lipinski definition) is 4. The normalized spacial score (nSPS) is 14.6. The topological polar surface area (TPSA) is 41.9 Å². The van der Waals surface area contributed by atoms with Gasteiger partial charge in [-0.15, -0.1) is 0 Å². The summed E-state index contributed by atoms with van der Waals surface area (Å²) in [7, 11) is 0. The van der Waals surface area contributed by atoms with Gasteiger partial charge in [0, 0.05) is 11.8 Å². The SMILES string of the molecule is O=Cc1cccc(ON2C=C(Cl)C=NC2)c1. The van der Waals surface area contributed by atoms with E-state index in [0.29, 0.717) is 23.0 Å². The highest BCUT2D eigenvalue weighted by Crippen LogP contribution is 2.16. The Labute approximate surface area is 97.7 Å². The fourth-order valence-corrected chi connectivity index (χ4v) is 1.43. The number of aliphatic imine (C=N–C) groups is 1. The zero-order valence-corrected chi connectivity index (χ0v) is 9.09. The number of carbonyl (C=O) groups excluding carboxylic acids is 1. The maximum Gasteiger partial charge on any atom is 0.156 e. The van der Waals surface area contributed by atoms with E-state index in [1.807, 2.05) is 0 Å². The van der Waals surface area contributed by atoms with Crippen molar-refractivity contribution in [3.63, 3.8) is 0 Å². The van der Waals surface area contributed by atoms with E-state index in [1.165, 1.54) is 5.06 Å². The first kappa shape index (κ1) is 10.7. The summed E-state index contributed by atoms with van der Waals surface area (Å²) in [6.07, 6.45) is 3.95. The maximum absolute atomic E-state index is 10.6. The minimum Gasteiger partial charge on any atom is -0.378 e. The molecule has 5 heteroatoms. The molecule has 1 aromatic carbocycles. The molecule has 0 radical (unpaired) electrons. The van der Waals surface area contributed by atoms with Gasteiger partial charge in [-0.3, -0.25) is 9.79 Å². The van der Waals surface area contributed by atoms with E-state index in [4.69, 9.17) is 16.4 Å². The highest BCUT2D eigenvalue weighted by molar-refractivity contribution is 6.39. The summed E-state index contributed by atoms with van der Waals surface area (Å²) >= 11 is 5.77. The first-order valence-electron chi connectivity index (χ1n) is 4.65. The van der Waals surface area contributed by atoms with Crippen molar-refractivity contribution in [2.75, 3.05) is 6.67 Å². The van der Waals surface area contributed by atoms with Gasteiger partial charge in [0.1, 0.15) is 13.0 Å². The quantitative estimate of drug-likeness (QED) is 0.756. The molecule has 1 heterocycles. The molecule has 0 atom stereocenters. The van der Waals surface area contributed by atoms with Crippen LogP contribution in [0.4, 0.5) is 0 Å². The van der Waals surface area contributed by atoms with Crippen LogP contribution in [-0.2, 0) is 0 Å². The molecule has 0 N–H and O–H groups in total. The molecule has 4 nitrogen and oxygen atoms in total. The van der Waals surface area contributed by atoms with Gasteiger partial charge in [-0.25, -0.2) is 0 Å². The van der Waals surface area contributed by atoms with Crippen molar-refractivity contribution in [3.8, 4) is 5.75 Å². The van der Waals surface area contributed by atoms with Crippen molar-refractivity contribution in [1.82, 2.24) is 5.06 Å². The van der Waals surface area contributed by atoms with Gasteiger partial charge in [0.25, 0.3) is 0 Å². The molecule has 0 fully saturated rings. The molecule has 1 aliphatic rings. The monoisotopic (exact) mass is 236 g/mol. The van der Waals surface area contributed by atoms with Gasteiger partial charge < -0.3 is 4.84 Å². The summed E-state index contributed by atoms with van der Waals surface area (Å²) in [6, 6.07) is 6.86. The average Bonchev–Trinajstić information content (AvgIpc) is 2.29. The van der Waals surface area contributed by atoms with Crippen LogP contribution < -0.4 is 4.84 Å². The predicted octanol–water partition coefficient (Wildman–Crippen LogP) is 2.22. The number of halogens is 1. The van der Waals surface area contributed by atoms with Gasteiger partial charge >= 0.3 is 0 Å². The minimum atomic E-state index is 0.377. The van der Waals surface area contributed by atoms with Crippen LogP contribution in [0.3, 0.4) is 0 Å². The van der Waals surface area contributed by atoms with Gasteiger partial charge in [0.05, 0.1) is 11.2 Å². The largest absolute Gasteiger partial charge is 0.378 e. The van der Waals surface area contributed by atoms with E-state index in [2.05, 4.69) is 4.99 Å². The highest BCUT2D eigenvalue weighted by Gasteiger charge is 2.06. The highest BCUT2D eigenvalue weighted by atomic mass is 35.5. The lowest BCUT2D eigenvalue weighted by Crippen LogP contribution is -2.24. The average molecular weight is 237 g/mol. The summed E-state index contributed by atoms with van der Waals surface area (Å²) in [4.78, 5) is 20.0. The Morgan fingerprint density at radius 1 is 1.50 bits per heavy atom. The van der Waals surface area contributed by atoms with Gasteiger partial charge in [-0.2, -0.15) is 5.06 Å². The van der Waals surface area contributed by atoms with E-state index < -0.39 is 0 Å². The number of rotatable bonds is 3. The van der Waals surface area contributed by atoms with Gasteiger partial charge in [0.15, 0.2) is 5.75 Å². The summed E-state index contributed by atoms with van der Waals surface area (Å²) in [5.41, 5.74) is 0.563. The molecule has 0 unspecified atom stereocenters. The summed E-state index contributed by atoms with van der Waals surface area (Å²) in [5.74, 6) is 0.572. The molecule has 0 bridgehead atoms. The van der Waals surface area contributed by atoms with E-state index in [-0.39, 0.29) is 0 Å². The molecule has 0 saturated heterocycles. The smallest absolute Gasteiger partial charge is 0.156 e. The Balaban J connectivity index is 2.09. The van der Waals surface area contributed by atoms with E-state index in [1.54, 1.807) is 36.7 Å². The van der Waals surface area contributed by atoms with Crippen LogP contribution in [0, 0.1) is 0 Å². The van der Waals surface area contributed by atoms with Crippen LogP contribution in [0.2, 0.25) is 0 Å². The van der Waals surface area contributed by atoms with Crippen LogP contribution in [0.1, 0.15) is 10.4 Å². The molecular formula is C11H9ClN2O2. The van der Waals surface area contributed by atoms with Crippen LogP contribution in [0.5, 0.6) is 5.75 Å². The predicted molar refractivity (Wildman–Crippen MR) is 61.6 cm³/mol. The molecule has 1 aliphatic heterocycles. The third-order valence-electron chi connectivity index (χ3n) is 1.92. The Morgan fingerprint density at radius 2 is 2.38 bits per heavy atom. The van der Waals surface area contributed by atoms with Crippen LogP contribution in [-0.4, -0.2) is 24.2 Å². The fourth-order valence-electron chi connectivity index (χ4n) is 1.26. The number of aldehydes is 1. The number of hydrogen-bond donors (Lipinski definition) is 0. The van der Waals surface area contributed by atoms with E-state index in [0.717, 1.165) is 6.29 Å². The molecular weight excluding hydrogens is 228 g/mol. The molecule has 1 aromatic rings. The molecule has 0 aliphatic carbocycles. The Morgan fingerprint density at radius 3 is 3.12 bits per heavy atom. The lowest BCUT2D eigenvalue weighted by Gasteiger charge is -2.20. The third kappa shape index (κ3) is 2.61. The minimum absolute atomic E-state index is 0.377. The molecule has 16 heavy (non-hydrogen) atoms. The fraction of sp³-hybridized carbons (Fsp3) is 0.0909. The lowest BCUT2D eigenvalue weighted by atomic mass is 10.2. The van der Waals surface area contributed by atoms with Gasteiger partial charge in [-0.05, 0) is 12.1 Å². The van der Waals surface area contributed by atoms with Crippen molar-refractivity contribution in [2.24, 2.45) is 4.99 Å². The number of benzene rings is 1. The second-order valence-corrected chi connectivity index (χ2v) is 3.60. The standard InChI is InChI=1S/C11H9ClN2O2/c12-10-5-13-8-14(6-10)16-11-3-1-2-9(4-11)7-15/h1-7H,8H2. The Hall–Kier alpha value is -1.81. The summed E-state index contributed by atoms with van der Waals surface area (Å²) in [5, 5.41) is 1.99. The molecule has 0 saturated carbocycles. The Bertz CT molecular complexity index is 457. The zero-order chi connectivity index (χ0) is 11.4. The van der Waals surface area contributed by atoms with Gasteiger partial charge in [-0.1, -0.05) is 23.7 Å². The molecule has 0 spiro atoms. The van der Waals surface area contributed by atoms with Crippen molar-refractivity contribution < 1.29 is 9.63 Å². The second-order valence-electron chi connectivity index (χ2n) is 3.17. The van der Waals surface area contributed by atoms with Crippen LogP contribution in [0.25, 0.3) is 0 Å². The summed E-state index contributed by atoms with van der Waals surface area (Å²) in [6.45, 7) is 0.377. The van der Waals surface area contributed by atoms with E-state index >= 15 is 0 Å². The number of allylic oxidation sites excluding steroid dienone is 1. The van der Waals surface area contributed by atoms with Crippen molar-refractivity contribution in [2.45, 2.75) is 0 Å². The second kappa shape index (κ2) is 4.81. The maximum atomic E-state index is 10.6. The van der Waals surface area contributed by atoms with Crippen molar-refractivity contribution in [1.29, 1.82) is 0 Å². The molecule has 0 aromatic heterocycles. The van der Waals surface area contributed by atoms with Crippen molar-refractivity contribution >= 4 is 24.1 Å². The number of carbonyl (C=O) groups is 1. The Kier molecular flexibility index (Phi) is 3.22. The number of nitrogens with zero attached hydrogens (tertiary/aromatic N) is 2. The zero-order valence-electron chi connectivity index (χ0n) is 8.34. The molecule has 82 valence electrons. The molecule has 2 rings (SSSR count).